The molecule has 0 fully saturated rings. The van der Waals surface area contributed by atoms with Crippen molar-refractivity contribution in [3.8, 4) is 11.3 Å². The van der Waals surface area contributed by atoms with Crippen molar-refractivity contribution in [3.63, 3.8) is 0 Å². The van der Waals surface area contributed by atoms with Gasteiger partial charge in [-0.3, -0.25) is 4.68 Å². The van der Waals surface area contributed by atoms with E-state index in [-0.39, 0.29) is 5.69 Å². The first kappa shape index (κ1) is 11.4. The molecule has 1 aromatic carbocycles. The van der Waals surface area contributed by atoms with Gasteiger partial charge in [-0.2, -0.15) is 5.10 Å². The summed E-state index contributed by atoms with van der Waals surface area (Å²) in [6.45, 7) is 2.08. The van der Waals surface area contributed by atoms with Gasteiger partial charge in [-0.05, 0) is 24.1 Å². The molecule has 2 rings (SSSR count). The van der Waals surface area contributed by atoms with E-state index in [2.05, 4.69) is 12.0 Å². The monoisotopic (exact) mass is 230 g/mol. The lowest BCUT2D eigenvalue weighted by atomic mass is 10.1. The summed E-state index contributed by atoms with van der Waals surface area (Å²) in [6.07, 6.45) is 0.951. The summed E-state index contributed by atoms with van der Waals surface area (Å²) in [4.78, 5) is 10.9. The van der Waals surface area contributed by atoms with Crippen molar-refractivity contribution in [1.82, 2.24) is 9.78 Å². The molecule has 2 aromatic rings. The van der Waals surface area contributed by atoms with Gasteiger partial charge in [-0.15, -0.1) is 0 Å². The van der Waals surface area contributed by atoms with Crippen LogP contribution in [0.15, 0.2) is 30.3 Å². The van der Waals surface area contributed by atoms with E-state index in [0.29, 0.717) is 5.69 Å². The summed E-state index contributed by atoms with van der Waals surface area (Å²) in [5, 5.41) is 13.2. The summed E-state index contributed by atoms with van der Waals surface area (Å²) in [5.74, 6) is -0.960. The predicted molar refractivity (Wildman–Crippen MR) is 65.0 cm³/mol. The van der Waals surface area contributed by atoms with Crippen LogP contribution in [0.4, 0.5) is 0 Å². The fourth-order valence-corrected chi connectivity index (χ4v) is 1.76. The lowest BCUT2D eigenvalue weighted by Crippen LogP contribution is -2.04. The Morgan fingerprint density at radius 1 is 1.41 bits per heavy atom. The second kappa shape index (κ2) is 4.41. The maximum atomic E-state index is 10.9. The molecule has 0 unspecified atom stereocenters. The highest BCUT2D eigenvalue weighted by Crippen LogP contribution is 2.20. The summed E-state index contributed by atoms with van der Waals surface area (Å²) in [5.41, 5.74) is 3.06. The highest BCUT2D eigenvalue weighted by atomic mass is 16.4. The molecule has 17 heavy (non-hydrogen) atoms. The number of carboxylic acid groups (broad SMARTS) is 1. The van der Waals surface area contributed by atoms with Gasteiger partial charge < -0.3 is 5.11 Å². The first-order valence-corrected chi connectivity index (χ1v) is 5.48. The first-order valence-electron chi connectivity index (χ1n) is 5.48. The van der Waals surface area contributed by atoms with Crippen LogP contribution in [0.2, 0.25) is 0 Å². The molecule has 88 valence electrons. The Hall–Kier alpha value is -2.10. The Balaban J connectivity index is 2.46. The minimum atomic E-state index is -0.960. The Morgan fingerprint density at radius 3 is 2.76 bits per heavy atom. The second-order valence-electron chi connectivity index (χ2n) is 3.90. The fourth-order valence-electron chi connectivity index (χ4n) is 1.76. The molecule has 0 spiro atoms. The number of nitrogens with zero attached hydrogens (tertiary/aromatic N) is 2. The van der Waals surface area contributed by atoms with Crippen molar-refractivity contribution in [1.29, 1.82) is 0 Å². The van der Waals surface area contributed by atoms with Gasteiger partial charge in [0.2, 0.25) is 0 Å². The first-order chi connectivity index (χ1) is 8.11. The van der Waals surface area contributed by atoms with Gasteiger partial charge in [-0.25, -0.2) is 4.79 Å². The predicted octanol–water partition coefficient (Wildman–Crippen LogP) is 2.35. The van der Waals surface area contributed by atoms with Crippen LogP contribution in [0.25, 0.3) is 11.3 Å². The summed E-state index contributed by atoms with van der Waals surface area (Å²) >= 11 is 0. The SMILES string of the molecule is CCc1cccc(-c2cc(C(=O)O)n(C)n2)c1. The van der Waals surface area contributed by atoms with Crippen LogP contribution in [0.3, 0.4) is 0 Å². The van der Waals surface area contributed by atoms with E-state index in [1.807, 2.05) is 24.3 Å². The number of aryl methyl sites for hydroxylation is 2. The number of rotatable bonds is 3. The molecular formula is C13H14N2O2. The molecule has 0 bridgehead atoms. The zero-order valence-electron chi connectivity index (χ0n) is 9.84. The second-order valence-corrected chi connectivity index (χ2v) is 3.90. The molecule has 0 saturated carbocycles. The van der Waals surface area contributed by atoms with Crippen LogP contribution in [-0.2, 0) is 13.5 Å². The summed E-state index contributed by atoms with van der Waals surface area (Å²) in [6, 6.07) is 9.58. The zero-order chi connectivity index (χ0) is 12.4. The average molecular weight is 230 g/mol. The molecule has 0 amide bonds. The molecule has 4 nitrogen and oxygen atoms in total. The van der Waals surface area contributed by atoms with Crippen LogP contribution in [-0.4, -0.2) is 20.9 Å². The summed E-state index contributed by atoms with van der Waals surface area (Å²) < 4.78 is 1.39. The smallest absolute Gasteiger partial charge is 0.354 e. The number of carbonyl (C=O) groups is 1. The van der Waals surface area contributed by atoms with Gasteiger partial charge >= 0.3 is 5.97 Å². The molecule has 0 radical (unpaired) electrons. The Bertz CT molecular complexity index is 558. The number of carboxylic acids is 1. The van der Waals surface area contributed by atoms with E-state index < -0.39 is 5.97 Å². The highest BCUT2D eigenvalue weighted by Gasteiger charge is 2.12. The number of aromatic nitrogens is 2. The van der Waals surface area contributed by atoms with Gasteiger partial charge in [-0.1, -0.05) is 25.1 Å². The normalized spacial score (nSPS) is 10.5. The van der Waals surface area contributed by atoms with E-state index >= 15 is 0 Å². The Kier molecular flexibility index (Phi) is 2.95. The third-order valence-corrected chi connectivity index (χ3v) is 2.73. The van der Waals surface area contributed by atoms with Crippen molar-refractivity contribution >= 4 is 5.97 Å². The van der Waals surface area contributed by atoms with Crippen molar-refractivity contribution < 1.29 is 9.90 Å². The highest BCUT2D eigenvalue weighted by molar-refractivity contribution is 5.87. The Labute approximate surface area is 99.5 Å². The van der Waals surface area contributed by atoms with Gasteiger partial charge in [0.1, 0.15) is 5.69 Å². The van der Waals surface area contributed by atoms with Gasteiger partial charge in [0.25, 0.3) is 0 Å². The number of hydrogen-bond acceptors (Lipinski definition) is 2. The van der Waals surface area contributed by atoms with Crippen molar-refractivity contribution in [3.05, 3.63) is 41.6 Å². The molecule has 1 N–H and O–H groups in total. The molecular weight excluding hydrogens is 216 g/mol. The average Bonchev–Trinajstić information content (AvgIpc) is 2.71. The van der Waals surface area contributed by atoms with E-state index in [1.165, 1.54) is 10.2 Å². The molecule has 1 heterocycles. The minimum absolute atomic E-state index is 0.196. The number of aromatic carboxylic acids is 1. The van der Waals surface area contributed by atoms with Gasteiger partial charge in [0, 0.05) is 12.6 Å². The van der Waals surface area contributed by atoms with Crippen LogP contribution < -0.4 is 0 Å². The zero-order valence-corrected chi connectivity index (χ0v) is 9.84. The quantitative estimate of drug-likeness (QED) is 0.880. The van der Waals surface area contributed by atoms with Crippen molar-refractivity contribution in [2.45, 2.75) is 13.3 Å². The topological polar surface area (TPSA) is 55.1 Å². The molecule has 0 saturated heterocycles. The molecule has 0 atom stereocenters. The van der Waals surface area contributed by atoms with Gasteiger partial charge in [0.05, 0.1) is 5.69 Å². The fraction of sp³-hybridized carbons (Fsp3) is 0.231. The minimum Gasteiger partial charge on any atom is -0.477 e. The van der Waals surface area contributed by atoms with E-state index in [9.17, 15) is 4.79 Å². The van der Waals surface area contributed by atoms with Crippen molar-refractivity contribution in [2.24, 2.45) is 7.05 Å². The van der Waals surface area contributed by atoms with Gasteiger partial charge in [0.15, 0.2) is 0 Å². The lowest BCUT2D eigenvalue weighted by Gasteiger charge is -1.99. The summed E-state index contributed by atoms with van der Waals surface area (Å²) in [7, 11) is 1.64. The number of hydrogen-bond donors (Lipinski definition) is 1. The van der Waals surface area contributed by atoms with Crippen molar-refractivity contribution in [2.75, 3.05) is 0 Å². The lowest BCUT2D eigenvalue weighted by molar-refractivity contribution is 0.0685. The van der Waals surface area contributed by atoms with E-state index in [4.69, 9.17) is 5.11 Å². The third kappa shape index (κ3) is 2.20. The van der Waals surface area contributed by atoms with E-state index in [0.717, 1.165) is 12.0 Å². The van der Waals surface area contributed by atoms with Crippen LogP contribution >= 0.6 is 0 Å². The molecule has 4 heteroatoms. The largest absolute Gasteiger partial charge is 0.477 e. The van der Waals surface area contributed by atoms with Crippen LogP contribution in [0, 0.1) is 0 Å². The molecule has 0 aliphatic carbocycles. The van der Waals surface area contributed by atoms with Crippen LogP contribution in [0.1, 0.15) is 23.0 Å². The molecule has 0 aliphatic heterocycles. The Morgan fingerprint density at radius 2 is 2.18 bits per heavy atom. The third-order valence-electron chi connectivity index (χ3n) is 2.73. The van der Waals surface area contributed by atoms with E-state index in [1.54, 1.807) is 13.1 Å². The standard InChI is InChI=1S/C13H14N2O2/c1-3-9-5-4-6-10(7-9)11-8-12(13(16)17)15(2)14-11/h4-8H,3H2,1-2H3,(H,16,17). The maximum Gasteiger partial charge on any atom is 0.354 e. The van der Waals surface area contributed by atoms with Crippen LogP contribution in [0.5, 0.6) is 0 Å². The molecule has 1 aromatic heterocycles. The molecule has 0 aliphatic rings. The maximum absolute atomic E-state index is 10.9. The number of benzene rings is 1.